The number of fused-ring (bicyclic) bond motifs is 3. The number of nitrogens with zero attached hydrogens (tertiary/aromatic N) is 4. The van der Waals surface area contributed by atoms with E-state index < -0.39 is 0 Å². The van der Waals surface area contributed by atoms with E-state index in [1.165, 1.54) is 0 Å². The Bertz CT molecular complexity index is 1890. The van der Waals surface area contributed by atoms with Crippen molar-refractivity contribution in [3.63, 3.8) is 0 Å². The van der Waals surface area contributed by atoms with Gasteiger partial charge >= 0.3 is 0 Å². The quantitative estimate of drug-likeness (QED) is 0.0952. The van der Waals surface area contributed by atoms with Crippen LogP contribution in [-0.4, -0.2) is 59.5 Å². The van der Waals surface area contributed by atoms with Gasteiger partial charge in [-0.3, -0.25) is 19.1 Å². The number of aryl methyl sites for hydroxylation is 2. The fraction of sp³-hybridized carbons (Fsp3) is 0.421. The van der Waals surface area contributed by atoms with Gasteiger partial charge in [-0.2, -0.15) is 0 Å². The summed E-state index contributed by atoms with van der Waals surface area (Å²) in [4.78, 5) is 37.8. The van der Waals surface area contributed by atoms with Crippen LogP contribution in [0.3, 0.4) is 0 Å². The normalized spacial score (nSPS) is 15.4. The summed E-state index contributed by atoms with van der Waals surface area (Å²) in [6.07, 6.45) is 11.4. The molecule has 0 spiro atoms. The Labute approximate surface area is 295 Å². The maximum Gasteiger partial charge on any atom is 0.266 e. The van der Waals surface area contributed by atoms with E-state index in [9.17, 15) is 9.59 Å². The van der Waals surface area contributed by atoms with Gasteiger partial charge in [0.2, 0.25) is 0 Å². The van der Waals surface area contributed by atoms with Gasteiger partial charge in [0, 0.05) is 22.4 Å². The van der Waals surface area contributed by atoms with Crippen molar-refractivity contribution in [2.24, 2.45) is 4.99 Å². The van der Waals surface area contributed by atoms with Gasteiger partial charge in [-0.05, 0) is 110 Å². The Hall–Kier alpha value is -3.93. The summed E-state index contributed by atoms with van der Waals surface area (Å²) in [7, 11) is 1.60. The maximum atomic E-state index is 13.5. The fourth-order valence-corrected chi connectivity index (χ4v) is 7.25. The third-order valence-electron chi connectivity index (χ3n) is 9.18. The molecule has 6 rings (SSSR count). The highest BCUT2D eigenvalue weighted by molar-refractivity contribution is 14.1. The second kappa shape index (κ2) is 15.5. The molecule has 2 aliphatic rings. The fourth-order valence-electron chi connectivity index (χ4n) is 6.60. The van der Waals surface area contributed by atoms with Gasteiger partial charge in [0.05, 0.1) is 54.2 Å². The SMILES string of the molecule is COc1cc2c(cc1OCCCCCCCCCOc1ccc3nc(C)n(-c4ccc(I)cc4C)c(=O)c3c1)N=C[C@@H]1CCCN1C2=O. The van der Waals surface area contributed by atoms with E-state index in [0.29, 0.717) is 58.4 Å². The van der Waals surface area contributed by atoms with Gasteiger partial charge < -0.3 is 19.1 Å². The minimum Gasteiger partial charge on any atom is -0.494 e. The molecule has 1 atom stereocenters. The van der Waals surface area contributed by atoms with Crippen LogP contribution in [0.1, 0.15) is 79.5 Å². The van der Waals surface area contributed by atoms with Gasteiger partial charge in [0.25, 0.3) is 11.5 Å². The van der Waals surface area contributed by atoms with Crippen LogP contribution in [0.15, 0.2) is 58.3 Å². The smallest absolute Gasteiger partial charge is 0.266 e. The second-order valence-corrected chi connectivity index (χ2v) is 13.8. The monoisotopic (exact) mass is 762 g/mol. The highest BCUT2D eigenvalue weighted by atomic mass is 127. The molecule has 0 radical (unpaired) electrons. The highest BCUT2D eigenvalue weighted by Gasteiger charge is 2.32. The Balaban J connectivity index is 0.910. The lowest BCUT2D eigenvalue weighted by atomic mass is 10.1. The van der Waals surface area contributed by atoms with Crippen LogP contribution in [0.4, 0.5) is 5.69 Å². The number of carbonyl (C=O) groups excluding carboxylic acids is 1. The van der Waals surface area contributed by atoms with Crippen LogP contribution in [0.5, 0.6) is 17.2 Å². The molecule has 0 N–H and O–H groups in total. The van der Waals surface area contributed by atoms with Crippen LogP contribution in [-0.2, 0) is 0 Å². The minimum atomic E-state index is -0.0826. The largest absolute Gasteiger partial charge is 0.494 e. The zero-order valence-electron chi connectivity index (χ0n) is 28.0. The van der Waals surface area contributed by atoms with Crippen LogP contribution in [0, 0.1) is 17.4 Å². The summed E-state index contributed by atoms with van der Waals surface area (Å²) >= 11 is 2.28. The van der Waals surface area contributed by atoms with E-state index in [4.69, 9.17) is 19.2 Å². The molecule has 1 fully saturated rings. The molecule has 0 saturated carbocycles. The topological polar surface area (TPSA) is 95.2 Å². The number of ether oxygens (including phenoxy) is 3. The standard InChI is InChI=1S/C38H43IN4O5/c1-25-20-27(39)13-16-34(25)43-26(2)41-32-15-14-29(21-30(32)38(43)45)47-18-9-7-5-4-6-8-10-19-48-36-23-33-31(22-35(36)46-3)37(44)42-17-11-12-28(42)24-40-33/h13-16,20-24,28H,4-12,17-19H2,1-3H3/t28-/m0/s1. The lowest BCUT2D eigenvalue weighted by Crippen LogP contribution is -2.35. The first-order valence-electron chi connectivity index (χ1n) is 17.0. The van der Waals surface area contributed by atoms with Crippen molar-refractivity contribution >= 4 is 51.3 Å². The molecule has 9 nitrogen and oxygen atoms in total. The predicted octanol–water partition coefficient (Wildman–Crippen LogP) is 8.12. The molecule has 1 amide bonds. The lowest BCUT2D eigenvalue weighted by molar-refractivity contribution is 0.0774. The van der Waals surface area contributed by atoms with Crippen molar-refractivity contribution in [3.8, 4) is 22.9 Å². The van der Waals surface area contributed by atoms with E-state index in [1.807, 2.05) is 61.4 Å². The molecule has 252 valence electrons. The average molecular weight is 763 g/mol. The number of aliphatic imine (C=N–C) groups is 1. The lowest BCUT2D eigenvalue weighted by Gasteiger charge is -2.20. The number of unbranched alkanes of at least 4 members (excludes halogenated alkanes) is 6. The Morgan fingerprint density at radius 1 is 0.875 bits per heavy atom. The van der Waals surface area contributed by atoms with E-state index in [-0.39, 0.29) is 17.5 Å². The molecular weight excluding hydrogens is 719 g/mol. The minimum absolute atomic E-state index is 0.0160. The van der Waals surface area contributed by atoms with Gasteiger partial charge in [0.15, 0.2) is 11.5 Å². The third kappa shape index (κ3) is 7.53. The number of amides is 1. The first-order chi connectivity index (χ1) is 23.3. The van der Waals surface area contributed by atoms with E-state index in [1.54, 1.807) is 17.7 Å². The molecule has 3 aromatic carbocycles. The van der Waals surface area contributed by atoms with Crippen LogP contribution >= 0.6 is 22.6 Å². The molecule has 2 aliphatic heterocycles. The van der Waals surface area contributed by atoms with Gasteiger partial charge in [0.1, 0.15) is 11.6 Å². The van der Waals surface area contributed by atoms with Gasteiger partial charge in [-0.1, -0.05) is 32.1 Å². The first kappa shape index (κ1) is 34.0. The Morgan fingerprint density at radius 2 is 1.62 bits per heavy atom. The van der Waals surface area contributed by atoms with E-state index >= 15 is 0 Å². The molecule has 3 heterocycles. The van der Waals surface area contributed by atoms with Crippen molar-refractivity contribution in [2.45, 2.75) is 77.7 Å². The average Bonchev–Trinajstić information content (AvgIpc) is 3.51. The number of aromatic nitrogens is 2. The molecular formula is C38H43IN4O5. The number of hydrogen-bond acceptors (Lipinski definition) is 7. The molecule has 10 heteroatoms. The van der Waals surface area contributed by atoms with E-state index in [2.05, 4.69) is 33.6 Å². The van der Waals surface area contributed by atoms with Crippen LogP contribution < -0.4 is 19.8 Å². The molecule has 1 saturated heterocycles. The second-order valence-electron chi connectivity index (χ2n) is 12.6. The number of methoxy groups -OCH3 is 1. The summed E-state index contributed by atoms with van der Waals surface area (Å²) in [5, 5.41) is 0.560. The zero-order chi connectivity index (χ0) is 33.6. The molecule has 4 aromatic rings. The number of rotatable bonds is 14. The van der Waals surface area contributed by atoms with Crippen molar-refractivity contribution in [1.82, 2.24) is 14.5 Å². The van der Waals surface area contributed by atoms with Crippen LogP contribution in [0.2, 0.25) is 0 Å². The molecule has 0 unspecified atom stereocenters. The summed E-state index contributed by atoms with van der Waals surface area (Å²) in [6, 6.07) is 15.3. The number of hydrogen-bond donors (Lipinski definition) is 0. The summed E-state index contributed by atoms with van der Waals surface area (Å²) < 4.78 is 20.5. The Kier molecular flexibility index (Phi) is 11.0. The predicted molar refractivity (Wildman–Crippen MR) is 198 cm³/mol. The Morgan fingerprint density at radius 3 is 2.38 bits per heavy atom. The van der Waals surface area contributed by atoms with Crippen molar-refractivity contribution < 1.29 is 19.0 Å². The highest BCUT2D eigenvalue weighted by Crippen LogP contribution is 2.38. The number of carbonyl (C=O) groups is 1. The molecule has 0 bridgehead atoms. The first-order valence-corrected chi connectivity index (χ1v) is 18.0. The molecule has 0 aliphatic carbocycles. The van der Waals surface area contributed by atoms with Crippen molar-refractivity contribution in [3.05, 3.63) is 79.4 Å². The van der Waals surface area contributed by atoms with Crippen LogP contribution in [0.25, 0.3) is 16.6 Å². The maximum absolute atomic E-state index is 13.5. The third-order valence-corrected chi connectivity index (χ3v) is 9.85. The summed E-state index contributed by atoms with van der Waals surface area (Å²) in [5.41, 5.74) is 3.71. The summed E-state index contributed by atoms with van der Waals surface area (Å²) in [6.45, 7) is 5.85. The molecule has 1 aromatic heterocycles. The van der Waals surface area contributed by atoms with E-state index in [0.717, 1.165) is 79.2 Å². The number of benzene rings is 3. The summed E-state index contributed by atoms with van der Waals surface area (Å²) in [5.74, 6) is 2.58. The van der Waals surface area contributed by atoms with Crippen molar-refractivity contribution in [1.29, 1.82) is 0 Å². The molecule has 48 heavy (non-hydrogen) atoms. The van der Waals surface area contributed by atoms with Gasteiger partial charge in [-0.25, -0.2) is 4.98 Å². The number of halogens is 1. The van der Waals surface area contributed by atoms with Crippen molar-refractivity contribution in [2.75, 3.05) is 26.9 Å². The zero-order valence-corrected chi connectivity index (χ0v) is 30.1. The van der Waals surface area contributed by atoms with Gasteiger partial charge in [-0.15, -0.1) is 0 Å².